The van der Waals surface area contributed by atoms with E-state index >= 15 is 0 Å². The van der Waals surface area contributed by atoms with Crippen molar-refractivity contribution in [3.8, 4) is 5.75 Å². The number of carbonyl (C=O) groups excluding carboxylic acids is 1. The van der Waals surface area contributed by atoms with Gasteiger partial charge < -0.3 is 15.0 Å². The number of nitrogens with one attached hydrogen (secondary N) is 1. The van der Waals surface area contributed by atoms with Crippen LogP contribution in [-0.2, 0) is 6.61 Å². The Bertz CT molecular complexity index is 697. The quantitative estimate of drug-likeness (QED) is 0.943. The first-order valence-corrected chi connectivity index (χ1v) is 8.02. The Kier molecular flexibility index (Phi) is 4.63. The van der Waals surface area contributed by atoms with Crippen molar-refractivity contribution >= 4 is 11.6 Å². The smallest absolute Gasteiger partial charge is 0.262 e. The van der Waals surface area contributed by atoms with Gasteiger partial charge in [-0.15, -0.1) is 0 Å². The molecule has 0 saturated carbocycles. The molecule has 1 heterocycles. The molecule has 1 aliphatic heterocycles. The van der Waals surface area contributed by atoms with Crippen molar-refractivity contribution in [2.75, 3.05) is 18.0 Å². The summed E-state index contributed by atoms with van der Waals surface area (Å²) >= 11 is 0. The molecule has 1 N–H and O–H groups in total. The summed E-state index contributed by atoms with van der Waals surface area (Å²) in [5.41, 5.74) is 2.57. The Morgan fingerprint density at radius 1 is 1.13 bits per heavy atom. The summed E-state index contributed by atoms with van der Waals surface area (Å²) in [6.45, 7) is 6.05. The van der Waals surface area contributed by atoms with Gasteiger partial charge in [-0.2, -0.15) is 0 Å². The van der Waals surface area contributed by atoms with Crippen molar-refractivity contribution in [1.82, 2.24) is 5.32 Å². The number of anilines is 1. The highest BCUT2D eigenvalue weighted by Gasteiger charge is 2.25. The molecule has 0 unspecified atom stereocenters. The van der Waals surface area contributed by atoms with Gasteiger partial charge in [0.2, 0.25) is 0 Å². The van der Waals surface area contributed by atoms with Crippen LogP contribution in [0.5, 0.6) is 5.75 Å². The summed E-state index contributed by atoms with van der Waals surface area (Å²) in [6, 6.07) is 15.8. The molecule has 120 valence electrons. The van der Waals surface area contributed by atoms with Crippen LogP contribution >= 0.6 is 0 Å². The maximum absolute atomic E-state index is 13.0. The molecular formula is C19H22N2O2. The number of ether oxygens (including phenoxy) is 1. The number of carbonyl (C=O) groups is 1. The lowest BCUT2D eigenvalue weighted by atomic mass is 10.1. The Balaban J connectivity index is 1.96. The van der Waals surface area contributed by atoms with Gasteiger partial charge in [-0.05, 0) is 18.2 Å². The molecule has 0 aromatic heterocycles. The van der Waals surface area contributed by atoms with E-state index in [4.69, 9.17) is 4.74 Å². The predicted octanol–water partition coefficient (Wildman–Crippen LogP) is 3.22. The van der Waals surface area contributed by atoms with Gasteiger partial charge in [0.05, 0.1) is 11.3 Å². The molecular weight excluding hydrogens is 288 g/mol. The van der Waals surface area contributed by atoms with Crippen molar-refractivity contribution in [2.24, 2.45) is 0 Å². The third kappa shape index (κ3) is 3.37. The fourth-order valence-corrected chi connectivity index (χ4v) is 2.76. The first-order chi connectivity index (χ1) is 11.2. The van der Waals surface area contributed by atoms with Crippen LogP contribution in [-0.4, -0.2) is 25.0 Å². The average Bonchev–Trinajstić information content (AvgIpc) is 2.56. The van der Waals surface area contributed by atoms with Crippen molar-refractivity contribution in [3.05, 3.63) is 59.7 Å². The maximum Gasteiger partial charge on any atom is 0.262 e. The monoisotopic (exact) mass is 310 g/mol. The van der Waals surface area contributed by atoms with E-state index < -0.39 is 0 Å². The van der Waals surface area contributed by atoms with E-state index in [2.05, 4.69) is 19.2 Å². The lowest BCUT2D eigenvalue weighted by Crippen LogP contribution is -2.40. The molecule has 3 rings (SSSR count). The lowest BCUT2D eigenvalue weighted by Gasteiger charge is -2.29. The minimum atomic E-state index is -0.0155. The minimum absolute atomic E-state index is 0.0155. The summed E-state index contributed by atoms with van der Waals surface area (Å²) in [4.78, 5) is 14.9. The maximum atomic E-state index is 13.0. The molecule has 1 amide bonds. The normalized spacial score (nSPS) is 13.9. The van der Waals surface area contributed by atoms with E-state index in [0.717, 1.165) is 17.8 Å². The van der Waals surface area contributed by atoms with E-state index in [1.54, 1.807) is 0 Å². The molecule has 23 heavy (non-hydrogen) atoms. The van der Waals surface area contributed by atoms with Crippen molar-refractivity contribution in [1.29, 1.82) is 0 Å². The number of amides is 1. The van der Waals surface area contributed by atoms with Crippen LogP contribution in [0.4, 0.5) is 5.69 Å². The van der Waals surface area contributed by atoms with Crippen molar-refractivity contribution in [2.45, 2.75) is 26.5 Å². The minimum Gasteiger partial charge on any atom is -0.488 e. The van der Waals surface area contributed by atoms with Gasteiger partial charge in [-0.3, -0.25) is 4.79 Å². The van der Waals surface area contributed by atoms with E-state index in [0.29, 0.717) is 30.5 Å². The molecule has 4 heteroatoms. The van der Waals surface area contributed by atoms with Crippen molar-refractivity contribution in [3.63, 3.8) is 0 Å². The van der Waals surface area contributed by atoms with Crippen LogP contribution in [0.2, 0.25) is 0 Å². The summed E-state index contributed by atoms with van der Waals surface area (Å²) in [6.07, 6.45) is 0. The summed E-state index contributed by atoms with van der Waals surface area (Å²) in [5.74, 6) is 0.632. The first-order valence-electron chi connectivity index (χ1n) is 8.02. The second-order valence-corrected chi connectivity index (χ2v) is 5.98. The molecule has 0 atom stereocenters. The number of nitrogens with zero attached hydrogens (tertiary/aromatic N) is 1. The second-order valence-electron chi connectivity index (χ2n) is 5.98. The number of hydrogen-bond acceptors (Lipinski definition) is 3. The van der Waals surface area contributed by atoms with E-state index in [1.165, 1.54) is 0 Å². The molecule has 0 aliphatic carbocycles. The Morgan fingerprint density at radius 2 is 1.87 bits per heavy atom. The second kappa shape index (κ2) is 6.84. The Morgan fingerprint density at radius 3 is 2.70 bits per heavy atom. The highest BCUT2D eigenvalue weighted by molar-refractivity contribution is 6.08. The van der Waals surface area contributed by atoms with E-state index in [9.17, 15) is 4.79 Å². The molecule has 1 aliphatic rings. The topological polar surface area (TPSA) is 41.6 Å². The van der Waals surface area contributed by atoms with Gasteiger partial charge in [0.15, 0.2) is 0 Å². The predicted molar refractivity (Wildman–Crippen MR) is 92.0 cm³/mol. The van der Waals surface area contributed by atoms with Gasteiger partial charge >= 0.3 is 0 Å². The summed E-state index contributed by atoms with van der Waals surface area (Å²) in [7, 11) is 0. The molecule has 0 spiro atoms. The number of hydrogen-bond donors (Lipinski definition) is 1. The standard InChI is InChI=1S/C19H22N2O2/c1-14(2)20-11-12-21-17-9-5-3-7-15(17)13-23-18-10-6-4-8-16(18)19(21)22/h3-10,14,20H,11-13H2,1-2H3. The average molecular weight is 310 g/mol. The third-order valence-corrected chi connectivity index (χ3v) is 3.92. The number of rotatable bonds is 4. The first kappa shape index (κ1) is 15.6. The van der Waals surface area contributed by atoms with Crippen LogP contribution in [0.15, 0.2) is 48.5 Å². The fraction of sp³-hybridized carbons (Fsp3) is 0.316. The van der Waals surface area contributed by atoms with Crippen LogP contribution in [0.25, 0.3) is 0 Å². The summed E-state index contributed by atoms with van der Waals surface area (Å²) < 4.78 is 5.85. The SMILES string of the molecule is CC(C)NCCN1C(=O)c2ccccc2OCc2ccccc21. The molecule has 0 fully saturated rings. The van der Waals surface area contributed by atoms with E-state index in [-0.39, 0.29) is 5.91 Å². The molecule has 0 saturated heterocycles. The Labute approximate surface area is 137 Å². The van der Waals surface area contributed by atoms with E-state index in [1.807, 2.05) is 53.4 Å². The van der Waals surface area contributed by atoms with Gasteiger partial charge in [0.1, 0.15) is 12.4 Å². The van der Waals surface area contributed by atoms with Gasteiger partial charge in [-0.1, -0.05) is 44.2 Å². The number of para-hydroxylation sites is 2. The third-order valence-electron chi connectivity index (χ3n) is 3.92. The number of benzene rings is 2. The molecule has 4 nitrogen and oxygen atoms in total. The van der Waals surface area contributed by atoms with Crippen LogP contribution in [0.3, 0.4) is 0 Å². The van der Waals surface area contributed by atoms with Crippen molar-refractivity contribution < 1.29 is 9.53 Å². The van der Waals surface area contributed by atoms with Gasteiger partial charge in [-0.25, -0.2) is 0 Å². The Hall–Kier alpha value is -2.33. The fourth-order valence-electron chi connectivity index (χ4n) is 2.76. The van der Waals surface area contributed by atoms with Crippen LogP contribution < -0.4 is 15.0 Å². The zero-order valence-electron chi connectivity index (χ0n) is 13.6. The lowest BCUT2D eigenvalue weighted by molar-refractivity contribution is 0.0979. The van der Waals surface area contributed by atoms with Gasteiger partial charge in [0.25, 0.3) is 5.91 Å². The molecule has 0 radical (unpaired) electrons. The molecule has 2 aromatic carbocycles. The highest BCUT2D eigenvalue weighted by Crippen LogP contribution is 2.30. The molecule has 2 aromatic rings. The molecule has 0 bridgehead atoms. The van der Waals surface area contributed by atoms with Crippen LogP contribution in [0.1, 0.15) is 29.8 Å². The number of fused-ring (bicyclic) bond motifs is 2. The van der Waals surface area contributed by atoms with Gasteiger partial charge in [0, 0.05) is 24.7 Å². The zero-order valence-corrected chi connectivity index (χ0v) is 13.6. The summed E-state index contributed by atoms with van der Waals surface area (Å²) in [5, 5.41) is 3.38. The zero-order chi connectivity index (χ0) is 16.2. The largest absolute Gasteiger partial charge is 0.488 e. The highest BCUT2D eigenvalue weighted by atomic mass is 16.5. The van der Waals surface area contributed by atoms with Crippen LogP contribution in [0, 0.1) is 0 Å².